The highest BCUT2D eigenvalue weighted by atomic mass is 16.5. The normalized spacial score (nSPS) is 15.2. The van der Waals surface area contributed by atoms with Crippen LogP contribution in [0.3, 0.4) is 0 Å². The number of methoxy groups -OCH3 is 1. The number of aryl methyl sites for hydroxylation is 1. The van der Waals surface area contributed by atoms with Crippen LogP contribution in [-0.4, -0.2) is 75.1 Å². The third-order valence-electron chi connectivity index (χ3n) is 4.30. The summed E-state index contributed by atoms with van der Waals surface area (Å²) in [5.74, 6) is 0.0161. The van der Waals surface area contributed by atoms with Crippen molar-refractivity contribution in [2.24, 2.45) is 0 Å². The van der Waals surface area contributed by atoms with Crippen LogP contribution in [0.2, 0.25) is 0 Å². The summed E-state index contributed by atoms with van der Waals surface area (Å²) in [4.78, 5) is 30.2. The van der Waals surface area contributed by atoms with Crippen LogP contribution >= 0.6 is 0 Å². The van der Waals surface area contributed by atoms with Crippen molar-refractivity contribution in [2.45, 2.75) is 13.3 Å². The lowest BCUT2D eigenvalue weighted by Crippen LogP contribution is -2.52. The number of likely N-dealkylation sites (N-methyl/N-ethyl adjacent to an activating group) is 1. The van der Waals surface area contributed by atoms with Crippen molar-refractivity contribution in [1.29, 1.82) is 0 Å². The summed E-state index contributed by atoms with van der Waals surface area (Å²) < 4.78 is 5.02. The number of amides is 2. The molecule has 1 saturated heterocycles. The number of benzene rings is 1. The topological polar surface area (TPSA) is 53.1 Å². The second kappa shape index (κ2) is 8.80. The molecule has 1 fully saturated rings. The van der Waals surface area contributed by atoms with Crippen molar-refractivity contribution in [1.82, 2.24) is 9.80 Å². The van der Waals surface area contributed by atoms with Crippen molar-refractivity contribution in [2.75, 3.05) is 58.4 Å². The van der Waals surface area contributed by atoms with Gasteiger partial charge in [0.15, 0.2) is 0 Å². The van der Waals surface area contributed by atoms with E-state index in [4.69, 9.17) is 4.74 Å². The first-order valence-corrected chi connectivity index (χ1v) is 8.33. The molecule has 1 aromatic rings. The molecule has 0 atom stereocenters. The van der Waals surface area contributed by atoms with Crippen LogP contribution in [-0.2, 0) is 14.3 Å². The number of carbonyl (C=O) groups is 2. The molecule has 1 heterocycles. The minimum atomic E-state index is -0.0220. The van der Waals surface area contributed by atoms with Gasteiger partial charge in [-0.2, -0.15) is 0 Å². The smallest absolute Gasteiger partial charge is 0.246 e. The Morgan fingerprint density at radius 2 is 1.92 bits per heavy atom. The first-order valence-electron chi connectivity index (χ1n) is 8.33. The van der Waals surface area contributed by atoms with Gasteiger partial charge >= 0.3 is 0 Å². The molecular weight excluding hydrogens is 306 g/mol. The van der Waals surface area contributed by atoms with Gasteiger partial charge in [-0.25, -0.2) is 0 Å². The molecule has 0 aliphatic carbocycles. The number of nitrogens with zero attached hydrogens (tertiary/aromatic N) is 3. The first-order chi connectivity index (χ1) is 11.5. The van der Waals surface area contributed by atoms with E-state index in [0.717, 1.165) is 17.8 Å². The van der Waals surface area contributed by atoms with Crippen molar-refractivity contribution in [3.05, 3.63) is 29.8 Å². The number of hydrogen-bond donors (Lipinski definition) is 0. The molecule has 2 rings (SSSR count). The molecule has 2 amide bonds. The predicted molar refractivity (Wildman–Crippen MR) is 94.1 cm³/mol. The maximum atomic E-state index is 12.4. The molecule has 132 valence electrons. The third kappa shape index (κ3) is 5.04. The van der Waals surface area contributed by atoms with Gasteiger partial charge in [-0.1, -0.05) is 17.7 Å². The second-order valence-corrected chi connectivity index (χ2v) is 6.24. The van der Waals surface area contributed by atoms with Gasteiger partial charge in [-0.15, -0.1) is 0 Å². The van der Waals surface area contributed by atoms with Crippen molar-refractivity contribution in [3.63, 3.8) is 0 Å². The van der Waals surface area contributed by atoms with Crippen molar-refractivity contribution in [3.8, 4) is 0 Å². The average molecular weight is 333 g/mol. The summed E-state index contributed by atoms with van der Waals surface area (Å²) in [6, 6.07) is 7.90. The summed E-state index contributed by atoms with van der Waals surface area (Å²) >= 11 is 0. The van der Waals surface area contributed by atoms with Gasteiger partial charge < -0.3 is 19.4 Å². The highest BCUT2D eigenvalue weighted by Gasteiger charge is 2.27. The molecular formula is C18H27N3O3. The van der Waals surface area contributed by atoms with Gasteiger partial charge in [0.1, 0.15) is 6.54 Å². The fraction of sp³-hybridized carbons (Fsp3) is 0.556. The van der Waals surface area contributed by atoms with Crippen LogP contribution < -0.4 is 4.90 Å². The number of carbonyl (C=O) groups excluding carboxylic acids is 2. The van der Waals surface area contributed by atoms with E-state index in [0.29, 0.717) is 32.7 Å². The molecule has 6 nitrogen and oxygen atoms in total. The van der Waals surface area contributed by atoms with Gasteiger partial charge in [0.2, 0.25) is 11.8 Å². The Morgan fingerprint density at radius 3 is 2.54 bits per heavy atom. The van der Waals surface area contributed by atoms with Gasteiger partial charge in [-0.05, 0) is 26.1 Å². The summed E-state index contributed by atoms with van der Waals surface area (Å²) in [6.45, 7) is 5.44. The molecule has 24 heavy (non-hydrogen) atoms. The Morgan fingerprint density at radius 1 is 1.21 bits per heavy atom. The predicted octanol–water partition coefficient (Wildman–Crippen LogP) is 1.14. The molecule has 0 unspecified atom stereocenters. The minimum Gasteiger partial charge on any atom is -0.383 e. The van der Waals surface area contributed by atoms with Crippen molar-refractivity contribution >= 4 is 17.5 Å². The van der Waals surface area contributed by atoms with Crippen LogP contribution in [0.4, 0.5) is 5.69 Å². The van der Waals surface area contributed by atoms with Crippen LogP contribution in [0.1, 0.15) is 12.0 Å². The van der Waals surface area contributed by atoms with Gasteiger partial charge in [0.25, 0.3) is 0 Å². The van der Waals surface area contributed by atoms with E-state index in [1.54, 1.807) is 16.9 Å². The van der Waals surface area contributed by atoms with Gasteiger partial charge in [0, 0.05) is 45.4 Å². The lowest BCUT2D eigenvalue weighted by atomic mass is 10.2. The monoisotopic (exact) mass is 333 g/mol. The highest BCUT2D eigenvalue weighted by molar-refractivity contribution is 5.97. The zero-order chi connectivity index (χ0) is 17.5. The maximum absolute atomic E-state index is 12.4. The standard InChI is InChI=1S/C18H27N3O3/c1-15-4-6-16(7-5-15)21-11-10-20(14-18(21)23)17(22)8-9-19(2)12-13-24-3/h4-7H,8-14H2,1-3H3. The molecule has 0 spiro atoms. The third-order valence-corrected chi connectivity index (χ3v) is 4.30. The largest absolute Gasteiger partial charge is 0.383 e. The zero-order valence-corrected chi connectivity index (χ0v) is 14.8. The molecule has 0 N–H and O–H groups in total. The lowest BCUT2D eigenvalue weighted by molar-refractivity contribution is -0.137. The van der Waals surface area contributed by atoms with Crippen LogP contribution in [0.5, 0.6) is 0 Å². The van der Waals surface area contributed by atoms with E-state index < -0.39 is 0 Å². The molecule has 6 heteroatoms. The van der Waals surface area contributed by atoms with Gasteiger partial charge in [0.05, 0.1) is 6.61 Å². The molecule has 0 saturated carbocycles. The van der Waals surface area contributed by atoms with Crippen LogP contribution in [0, 0.1) is 6.92 Å². The van der Waals surface area contributed by atoms with E-state index in [1.165, 1.54) is 0 Å². The Balaban J connectivity index is 1.82. The number of rotatable bonds is 7. The zero-order valence-electron chi connectivity index (χ0n) is 14.8. The van der Waals surface area contributed by atoms with E-state index in [2.05, 4.69) is 4.90 Å². The lowest BCUT2D eigenvalue weighted by Gasteiger charge is -2.34. The fourth-order valence-electron chi connectivity index (χ4n) is 2.69. The maximum Gasteiger partial charge on any atom is 0.246 e. The number of ether oxygens (including phenoxy) is 1. The SMILES string of the molecule is COCCN(C)CCC(=O)N1CCN(c2ccc(C)cc2)C(=O)C1. The summed E-state index contributed by atoms with van der Waals surface area (Å²) in [5.41, 5.74) is 2.06. The second-order valence-electron chi connectivity index (χ2n) is 6.24. The van der Waals surface area contributed by atoms with Gasteiger partial charge in [-0.3, -0.25) is 9.59 Å². The minimum absolute atomic E-state index is 0.0220. The molecule has 0 aromatic heterocycles. The highest BCUT2D eigenvalue weighted by Crippen LogP contribution is 2.18. The Kier molecular flexibility index (Phi) is 6.75. The average Bonchev–Trinajstić information content (AvgIpc) is 2.58. The van der Waals surface area contributed by atoms with Crippen LogP contribution in [0.25, 0.3) is 0 Å². The Hall–Kier alpha value is -1.92. The summed E-state index contributed by atoms with van der Waals surface area (Å²) in [7, 11) is 3.63. The number of anilines is 1. The van der Waals surface area contributed by atoms with E-state index in [1.807, 2.05) is 38.2 Å². The van der Waals surface area contributed by atoms with Crippen LogP contribution in [0.15, 0.2) is 24.3 Å². The fourth-order valence-corrected chi connectivity index (χ4v) is 2.69. The Labute approximate surface area is 144 Å². The molecule has 1 aliphatic rings. The number of hydrogen-bond acceptors (Lipinski definition) is 4. The first kappa shape index (κ1) is 18.4. The molecule has 0 radical (unpaired) electrons. The Bertz CT molecular complexity index is 559. The van der Waals surface area contributed by atoms with E-state index in [-0.39, 0.29) is 18.4 Å². The molecule has 0 bridgehead atoms. The number of piperazine rings is 1. The van der Waals surface area contributed by atoms with E-state index in [9.17, 15) is 9.59 Å². The van der Waals surface area contributed by atoms with E-state index >= 15 is 0 Å². The quantitative estimate of drug-likeness (QED) is 0.751. The summed E-state index contributed by atoms with van der Waals surface area (Å²) in [6.07, 6.45) is 0.429. The molecule has 1 aliphatic heterocycles. The summed E-state index contributed by atoms with van der Waals surface area (Å²) in [5, 5.41) is 0. The van der Waals surface area contributed by atoms with Crippen molar-refractivity contribution < 1.29 is 14.3 Å². The molecule has 1 aromatic carbocycles.